The van der Waals surface area contributed by atoms with Gasteiger partial charge in [0.2, 0.25) is 0 Å². The maximum atomic E-state index is 11.4. The molecule has 1 aliphatic heterocycles. The first kappa shape index (κ1) is 41.4. The van der Waals surface area contributed by atoms with Gasteiger partial charge in [-0.25, -0.2) is 9.11 Å². The van der Waals surface area contributed by atoms with Crippen molar-refractivity contribution in [2.75, 3.05) is 13.2 Å². The maximum Gasteiger partial charge on any atom is 1.00 e. The zero-order chi connectivity index (χ0) is 28.7. The largest absolute Gasteiger partial charge is 1.00 e. The molecule has 2 unspecified atom stereocenters. The number of carbonyl (C=O) groups excluding carboxylic acids is 1. The SMILES string of the molecule is O=C[C@H](O)[C@@H](O)[C@H](O)[C@@H](CO)OP(=O)([O-])OP(=O)([O-])O.O=c1ccn([C@@H]2O[C@H](CO)[C@@H](O)[C@H]2O)c(=O)[nH]1.[Na+].[Na+]. The molecule has 0 aliphatic carbocycles. The molecule has 0 saturated carbocycles. The summed E-state index contributed by atoms with van der Waals surface area (Å²) in [5, 5.41) is 64.3. The molecule has 10 atom stereocenters. The fourth-order valence-electron chi connectivity index (χ4n) is 2.76. The van der Waals surface area contributed by atoms with Crippen LogP contribution in [0.15, 0.2) is 21.9 Å². The molecule has 39 heavy (non-hydrogen) atoms. The summed E-state index contributed by atoms with van der Waals surface area (Å²) < 4.78 is 34.4. The van der Waals surface area contributed by atoms with Crippen LogP contribution in [0.4, 0.5) is 0 Å². The number of H-pyrrole nitrogens is 1. The number of phosphoric ester groups is 1. The van der Waals surface area contributed by atoms with Gasteiger partial charge in [0.15, 0.2) is 12.5 Å². The van der Waals surface area contributed by atoms with Crippen molar-refractivity contribution < 1.29 is 137 Å². The third-order valence-corrected chi connectivity index (χ3v) is 6.66. The van der Waals surface area contributed by atoms with Gasteiger partial charge in [-0.2, -0.15) is 0 Å². The molecule has 1 saturated heterocycles. The standard InChI is InChI=1S/C9H12N2O6.C6H14O12P2.2Na/c12-3-4-6(14)7(15)8(17-4)11-2-1-5(13)10-9(11)16;7-1-3(9)5(10)6(11)4(2-8)17-20(15,16)18-19(12,13)14;;/h1-2,4,6-8,12,14-15H,3H2,(H,10,13,16);1,3-6,8-11H,2H2,(H,15,16)(H2,12,13,14);;/q;;2*+1/p-2/t4-,6-,7-,8-;3-,4+,5+,6+;;/m10../s1. The van der Waals surface area contributed by atoms with E-state index in [2.05, 4.69) is 8.83 Å². The van der Waals surface area contributed by atoms with Crippen molar-refractivity contribution in [3.8, 4) is 0 Å². The van der Waals surface area contributed by atoms with E-state index in [1.54, 1.807) is 0 Å². The second-order valence-electron chi connectivity index (χ2n) is 7.18. The molecule has 1 aliphatic rings. The number of aliphatic hydroxyl groups excluding tert-OH is 7. The molecule has 9 N–H and O–H groups in total. The molecular weight excluding hydrogens is 604 g/mol. The third-order valence-electron chi connectivity index (χ3n) is 4.51. The summed E-state index contributed by atoms with van der Waals surface area (Å²) in [5.41, 5.74) is -1.33. The molecule has 24 heteroatoms. The van der Waals surface area contributed by atoms with Gasteiger partial charge in [0.25, 0.3) is 21.2 Å². The van der Waals surface area contributed by atoms with E-state index >= 15 is 0 Å². The first-order valence-corrected chi connectivity index (χ1v) is 12.7. The number of ether oxygens (including phenoxy) is 1. The summed E-state index contributed by atoms with van der Waals surface area (Å²) in [5.74, 6) is 0. The summed E-state index contributed by atoms with van der Waals surface area (Å²) in [6, 6.07) is 1.09. The van der Waals surface area contributed by atoms with E-state index in [1.165, 1.54) is 0 Å². The molecule has 20 nitrogen and oxygen atoms in total. The molecular formula is C15H24N2Na2O18P2. The van der Waals surface area contributed by atoms with Gasteiger partial charge in [-0.05, 0) is 0 Å². The second-order valence-corrected chi connectivity index (χ2v) is 9.87. The molecule has 1 aromatic rings. The van der Waals surface area contributed by atoms with Crippen LogP contribution in [0.2, 0.25) is 0 Å². The molecule has 2 heterocycles. The quantitative estimate of drug-likeness (QED) is 0.0624. The van der Waals surface area contributed by atoms with Crippen LogP contribution in [0.3, 0.4) is 0 Å². The Labute approximate surface area is 262 Å². The number of aldehydes is 1. The number of aromatic nitrogens is 2. The number of nitrogens with one attached hydrogen (secondary N) is 1. The minimum Gasteiger partial charge on any atom is -0.756 e. The van der Waals surface area contributed by atoms with Gasteiger partial charge < -0.3 is 64.5 Å². The molecule has 0 spiro atoms. The topological polar surface area (TPSA) is 342 Å². The van der Waals surface area contributed by atoms with Crippen molar-refractivity contribution in [3.63, 3.8) is 0 Å². The van der Waals surface area contributed by atoms with Crippen LogP contribution in [0.5, 0.6) is 0 Å². The Hall–Kier alpha value is 0.290. The van der Waals surface area contributed by atoms with E-state index in [0.717, 1.165) is 16.8 Å². The minimum absolute atomic E-state index is 0. The summed E-state index contributed by atoms with van der Waals surface area (Å²) in [6.07, 6.45) is -12.5. The number of hydrogen-bond donors (Lipinski definition) is 9. The summed E-state index contributed by atoms with van der Waals surface area (Å²) in [7, 11) is -11.4. The van der Waals surface area contributed by atoms with Gasteiger partial charge in [0.05, 0.1) is 13.2 Å². The van der Waals surface area contributed by atoms with Crippen LogP contribution < -0.4 is 80.2 Å². The Morgan fingerprint density at radius 2 is 1.67 bits per heavy atom. The van der Waals surface area contributed by atoms with Crippen molar-refractivity contribution in [3.05, 3.63) is 33.1 Å². The predicted molar refractivity (Wildman–Crippen MR) is 109 cm³/mol. The van der Waals surface area contributed by atoms with Gasteiger partial charge in [-0.1, -0.05) is 0 Å². The number of nitrogens with zero attached hydrogens (tertiary/aromatic N) is 1. The summed E-state index contributed by atoms with van der Waals surface area (Å²) in [4.78, 5) is 63.9. The van der Waals surface area contributed by atoms with Crippen LogP contribution in [0.1, 0.15) is 6.23 Å². The van der Waals surface area contributed by atoms with Gasteiger partial charge in [-0.3, -0.25) is 23.5 Å². The Kier molecular flexibility index (Phi) is 19.2. The van der Waals surface area contributed by atoms with Crippen LogP contribution in [-0.4, -0.2) is 112 Å². The van der Waals surface area contributed by atoms with E-state index in [-0.39, 0.29) is 65.4 Å². The van der Waals surface area contributed by atoms with Crippen LogP contribution in [0, 0.1) is 0 Å². The van der Waals surface area contributed by atoms with Crippen molar-refractivity contribution in [1.82, 2.24) is 9.55 Å². The van der Waals surface area contributed by atoms with Gasteiger partial charge in [0.1, 0.15) is 42.7 Å². The van der Waals surface area contributed by atoms with Crippen molar-refractivity contribution in [2.45, 2.75) is 49.0 Å². The predicted octanol–water partition coefficient (Wildman–Crippen LogP) is -13.3. The number of rotatable bonds is 11. The van der Waals surface area contributed by atoms with E-state index in [1.807, 2.05) is 4.98 Å². The van der Waals surface area contributed by atoms with Crippen molar-refractivity contribution in [1.29, 1.82) is 0 Å². The first-order chi connectivity index (χ1) is 17.0. The van der Waals surface area contributed by atoms with E-state index in [0.29, 0.717) is 0 Å². The number of carbonyl (C=O) groups is 1. The fraction of sp³-hybridized carbons (Fsp3) is 0.667. The monoisotopic (exact) mass is 628 g/mol. The van der Waals surface area contributed by atoms with Crippen LogP contribution in [-0.2, 0) is 27.5 Å². The van der Waals surface area contributed by atoms with Gasteiger partial charge in [0, 0.05) is 12.3 Å². The zero-order valence-corrected chi connectivity index (χ0v) is 26.1. The minimum atomic E-state index is -5.71. The Balaban J connectivity index is 0. The molecule has 1 fully saturated rings. The van der Waals surface area contributed by atoms with E-state index < -0.39 is 89.1 Å². The normalized spacial score (nSPS) is 26.6. The van der Waals surface area contributed by atoms with E-state index in [4.69, 9.17) is 24.9 Å². The number of aromatic amines is 1. The fourth-order valence-corrected chi connectivity index (χ4v) is 4.44. The van der Waals surface area contributed by atoms with Crippen LogP contribution in [0.25, 0.3) is 0 Å². The second kappa shape index (κ2) is 18.1. The third kappa shape index (κ3) is 13.0. The number of hydrogen-bond acceptors (Lipinski definition) is 17. The van der Waals surface area contributed by atoms with Gasteiger partial charge in [-0.15, -0.1) is 0 Å². The van der Waals surface area contributed by atoms with Crippen molar-refractivity contribution >= 4 is 21.9 Å². The molecule has 2 rings (SSSR count). The Bertz CT molecular complexity index is 1100. The summed E-state index contributed by atoms with van der Waals surface area (Å²) in [6.45, 7) is -1.74. The van der Waals surface area contributed by atoms with E-state index in [9.17, 15) is 53.7 Å². The molecule has 0 bridgehead atoms. The number of phosphoric acid groups is 2. The smallest absolute Gasteiger partial charge is 0.756 e. The van der Waals surface area contributed by atoms with Crippen molar-refractivity contribution in [2.24, 2.45) is 0 Å². The molecule has 0 radical (unpaired) electrons. The van der Waals surface area contributed by atoms with Gasteiger partial charge >= 0.3 is 64.8 Å². The average molecular weight is 628 g/mol. The molecule has 214 valence electrons. The van der Waals surface area contributed by atoms with Crippen LogP contribution >= 0.6 is 15.6 Å². The zero-order valence-electron chi connectivity index (χ0n) is 20.3. The first-order valence-electron chi connectivity index (χ1n) is 9.76. The Morgan fingerprint density at radius 3 is 2.08 bits per heavy atom. The summed E-state index contributed by atoms with van der Waals surface area (Å²) >= 11 is 0. The molecule has 1 aromatic heterocycles. The molecule has 0 amide bonds. The average Bonchev–Trinajstić information content (AvgIpc) is 3.08. The number of aliphatic hydroxyl groups is 7. The maximum absolute atomic E-state index is 11.4. The molecule has 0 aromatic carbocycles. The Morgan fingerprint density at radius 1 is 1.10 bits per heavy atom.